The maximum Gasteiger partial charge on any atom is 0.319 e. The molecule has 0 aliphatic carbocycles. The number of hydrogen-bond acceptors (Lipinski definition) is 4. The molecule has 0 aromatic carbocycles. The van der Waals surface area contributed by atoms with Crippen LogP contribution in [0.4, 0.5) is 0 Å². The van der Waals surface area contributed by atoms with E-state index in [9.17, 15) is 4.79 Å². The molecule has 4 nitrogen and oxygen atoms in total. The van der Waals surface area contributed by atoms with Gasteiger partial charge < -0.3 is 4.74 Å². The van der Waals surface area contributed by atoms with Crippen molar-refractivity contribution in [2.45, 2.75) is 13.5 Å². The summed E-state index contributed by atoms with van der Waals surface area (Å²) in [6.45, 7) is 3.72. The first-order chi connectivity index (χ1) is 7.65. The molecule has 1 aromatic rings. The van der Waals surface area contributed by atoms with E-state index in [1.165, 1.54) is 7.11 Å². The number of pyridine rings is 1. The summed E-state index contributed by atoms with van der Waals surface area (Å²) >= 11 is 5.69. The third kappa shape index (κ3) is 4.16. The smallest absolute Gasteiger partial charge is 0.319 e. The summed E-state index contributed by atoms with van der Waals surface area (Å²) in [5, 5.41) is 0.472. The van der Waals surface area contributed by atoms with Gasteiger partial charge in [0, 0.05) is 12.7 Å². The zero-order valence-corrected chi connectivity index (χ0v) is 10.2. The minimum atomic E-state index is -0.233. The number of carbonyl (C=O) groups excluding carboxylic acids is 1. The van der Waals surface area contributed by atoms with Crippen molar-refractivity contribution in [2.24, 2.45) is 0 Å². The van der Waals surface area contributed by atoms with Gasteiger partial charge in [0.1, 0.15) is 5.15 Å². The topological polar surface area (TPSA) is 42.4 Å². The van der Waals surface area contributed by atoms with Crippen molar-refractivity contribution in [3.05, 3.63) is 29.0 Å². The number of hydrogen-bond donors (Lipinski definition) is 0. The van der Waals surface area contributed by atoms with E-state index in [2.05, 4.69) is 9.72 Å². The van der Waals surface area contributed by atoms with Crippen molar-refractivity contribution in [2.75, 3.05) is 20.2 Å². The first-order valence-corrected chi connectivity index (χ1v) is 5.43. The maximum absolute atomic E-state index is 11.1. The van der Waals surface area contributed by atoms with Crippen LogP contribution in [0.15, 0.2) is 18.3 Å². The molecule has 0 spiro atoms. The highest BCUT2D eigenvalue weighted by molar-refractivity contribution is 6.29. The molecule has 0 aliphatic rings. The lowest BCUT2D eigenvalue weighted by molar-refractivity contribution is -0.142. The lowest BCUT2D eigenvalue weighted by Crippen LogP contribution is -2.29. The number of esters is 1. The van der Waals surface area contributed by atoms with Crippen molar-refractivity contribution in [1.82, 2.24) is 9.88 Å². The summed E-state index contributed by atoms with van der Waals surface area (Å²) in [6.07, 6.45) is 1.71. The Kier molecular flexibility index (Phi) is 5.22. The number of aromatic nitrogens is 1. The normalized spacial score (nSPS) is 10.5. The van der Waals surface area contributed by atoms with Gasteiger partial charge in [-0.3, -0.25) is 9.69 Å². The molecule has 0 saturated heterocycles. The Morgan fingerprint density at radius 3 is 2.81 bits per heavy atom. The van der Waals surface area contributed by atoms with Gasteiger partial charge in [-0.1, -0.05) is 24.6 Å². The third-order valence-electron chi connectivity index (χ3n) is 2.22. The Bertz CT molecular complexity index is 340. The quantitative estimate of drug-likeness (QED) is 0.583. The van der Waals surface area contributed by atoms with E-state index in [-0.39, 0.29) is 12.5 Å². The van der Waals surface area contributed by atoms with E-state index in [1.807, 2.05) is 17.9 Å². The molecule has 0 saturated carbocycles. The van der Waals surface area contributed by atoms with Crippen LogP contribution in [0.1, 0.15) is 12.5 Å². The molecule has 5 heteroatoms. The fourth-order valence-corrected chi connectivity index (χ4v) is 1.40. The van der Waals surface area contributed by atoms with Crippen LogP contribution in [-0.2, 0) is 16.1 Å². The van der Waals surface area contributed by atoms with Gasteiger partial charge in [-0.15, -0.1) is 0 Å². The van der Waals surface area contributed by atoms with Crippen molar-refractivity contribution in [1.29, 1.82) is 0 Å². The number of methoxy groups -OCH3 is 1. The van der Waals surface area contributed by atoms with Crippen molar-refractivity contribution in [3.8, 4) is 0 Å². The average Bonchev–Trinajstić information content (AvgIpc) is 2.30. The molecule has 0 radical (unpaired) electrons. The van der Waals surface area contributed by atoms with Crippen LogP contribution < -0.4 is 0 Å². The van der Waals surface area contributed by atoms with Crippen LogP contribution in [0.3, 0.4) is 0 Å². The summed E-state index contributed by atoms with van der Waals surface area (Å²) < 4.78 is 4.62. The fourth-order valence-electron chi connectivity index (χ4n) is 1.28. The monoisotopic (exact) mass is 242 g/mol. The van der Waals surface area contributed by atoms with E-state index in [4.69, 9.17) is 11.6 Å². The Balaban J connectivity index is 2.56. The van der Waals surface area contributed by atoms with Crippen LogP contribution >= 0.6 is 11.6 Å². The van der Waals surface area contributed by atoms with Crippen molar-refractivity contribution in [3.63, 3.8) is 0 Å². The minimum Gasteiger partial charge on any atom is -0.468 e. The average molecular weight is 243 g/mol. The molecule has 0 aliphatic heterocycles. The van der Waals surface area contributed by atoms with E-state index in [1.54, 1.807) is 12.3 Å². The van der Waals surface area contributed by atoms with Gasteiger partial charge in [-0.25, -0.2) is 4.98 Å². The molecule has 0 fully saturated rings. The molecule has 1 aromatic heterocycles. The lowest BCUT2D eigenvalue weighted by atomic mass is 10.2. The summed E-state index contributed by atoms with van der Waals surface area (Å²) in [4.78, 5) is 17.1. The number of halogens is 1. The Morgan fingerprint density at radius 1 is 1.56 bits per heavy atom. The first-order valence-electron chi connectivity index (χ1n) is 5.05. The molecule has 0 bridgehead atoms. The molecule has 0 unspecified atom stereocenters. The number of rotatable bonds is 5. The van der Waals surface area contributed by atoms with Gasteiger partial charge in [0.15, 0.2) is 0 Å². The molecule has 1 heterocycles. The zero-order chi connectivity index (χ0) is 12.0. The molecule has 1 rings (SSSR count). The van der Waals surface area contributed by atoms with Crippen LogP contribution in [0.25, 0.3) is 0 Å². The molecule has 0 amide bonds. The number of nitrogens with zero attached hydrogens (tertiary/aromatic N) is 2. The fraction of sp³-hybridized carbons (Fsp3) is 0.455. The number of carbonyl (C=O) groups is 1. The minimum absolute atomic E-state index is 0.233. The van der Waals surface area contributed by atoms with Crippen LogP contribution in [0.2, 0.25) is 5.15 Å². The molecule has 0 N–H and O–H groups in total. The second-order valence-electron chi connectivity index (χ2n) is 3.37. The maximum atomic E-state index is 11.1. The van der Waals surface area contributed by atoms with Gasteiger partial charge in [-0.2, -0.15) is 0 Å². The summed E-state index contributed by atoms with van der Waals surface area (Å²) in [5.74, 6) is -0.233. The summed E-state index contributed by atoms with van der Waals surface area (Å²) in [5.41, 5.74) is 1.02. The molecule has 88 valence electrons. The standard InChI is InChI=1S/C11H15ClN2O2/c1-3-14(8-11(15)16-2)7-9-4-5-10(12)13-6-9/h4-6H,3,7-8H2,1-2H3. The van der Waals surface area contributed by atoms with Crippen molar-refractivity contribution >= 4 is 17.6 Å². The highest BCUT2D eigenvalue weighted by atomic mass is 35.5. The summed E-state index contributed by atoms with van der Waals surface area (Å²) in [7, 11) is 1.39. The van der Waals surface area contributed by atoms with Crippen LogP contribution in [0.5, 0.6) is 0 Å². The third-order valence-corrected chi connectivity index (χ3v) is 2.45. The Hall–Kier alpha value is -1.13. The highest BCUT2D eigenvalue weighted by Gasteiger charge is 2.09. The Morgan fingerprint density at radius 2 is 2.31 bits per heavy atom. The predicted octanol–water partition coefficient (Wildman–Crippen LogP) is 1.73. The van der Waals surface area contributed by atoms with Crippen molar-refractivity contribution < 1.29 is 9.53 Å². The van der Waals surface area contributed by atoms with Gasteiger partial charge in [0.05, 0.1) is 13.7 Å². The highest BCUT2D eigenvalue weighted by Crippen LogP contribution is 2.07. The van der Waals surface area contributed by atoms with Gasteiger partial charge in [0.25, 0.3) is 0 Å². The molecule has 0 atom stereocenters. The summed E-state index contributed by atoms with van der Waals surface area (Å²) in [6, 6.07) is 3.64. The van der Waals surface area contributed by atoms with Crippen LogP contribution in [-0.4, -0.2) is 36.1 Å². The SMILES string of the molecule is CCN(CC(=O)OC)Cc1ccc(Cl)nc1. The van der Waals surface area contributed by atoms with E-state index in [0.717, 1.165) is 12.1 Å². The van der Waals surface area contributed by atoms with E-state index in [0.29, 0.717) is 11.7 Å². The Labute approximate surface area is 100 Å². The van der Waals surface area contributed by atoms with E-state index < -0.39 is 0 Å². The molecule has 16 heavy (non-hydrogen) atoms. The number of likely N-dealkylation sites (N-methyl/N-ethyl adjacent to an activating group) is 1. The van der Waals surface area contributed by atoms with E-state index >= 15 is 0 Å². The second kappa shape index (κ2) is 6.45. The first kappa shape index (κ1) is 12.9. The molecular formula is C11H15ClN2O2. The molecular weight excluding hydrogens is 228 g/mol. The predicted molar refractivity (Wildman–Crippen MR) is 62.2 cm³/mol. The van der Waals surface area contributed by atoms with Crippen LogP contribution in [0, 0.1) is 0 Å². The second-order valence-corrected chi connectivity index (χ2v) is 3.76. The lowest BCUT2D eigenvalue weighted by Gasteiger charge is -2.18. The van der Waals surface area contributed by atoms with Gasteiger partial charge >= 0.3 is 5.97 Å². The van der Waals surface area contributed by atoms with Gasteiger partial charge in [0.2, 0.25) is 0 Å². The number of ether oxygens (including phenoxy) is 1. The van der Waals surface area contributed by atoms with Gasteiger partial charge in [-0.05, 0) is 18.2 Å². The largest absolute Gasteiger partial charge is 0.468 e. The zero-order valence-electron chi connectivity index (χ0n) is 9.44.